The largest absolute Gasteiger partial charge is 0.504 e. The van der Waals surface area contributed by atoms with Crippen LogP contribution in [-0.2, 0) is 29.5 Å². The van der Waals surface area contributed by atoms with Crippen LogP contribution in [0.3, 0.4) is 0 Å². The second-order valence-electron chi connectivity index (χ2n) is 12.7. The first kappa shape index (κ1) is 24.5. The number of phenols is 1. The van der Waals surface area contributed by atoms with Gasteiger partial charge < -0.3 is 20.3 Å². The van der Waals surface area contributed by atoms with E-state index >= 15 is 0 Å². The molecule has 2 bridgehead atoms. The van der Waals surface area contributed by atoms with Gasteiger partial charge in [-0.3, -0.25) is 9.69 Å². The van der Waals surface area contributed by atoms with Crippen molar-refractivity contribution in [3.63, 3.8) is 0 Å². The number of nitrogens with zero attached hydrogens (tertiary/aromatic N) is 1. The highest BCUT2D eigenvalue weighted by atomic mass is 16.5. The summed E-state index contributed by atoms with van der Waals surface area (Å²) >= 11 is 0. The van der Waals surface area contributed by atoms with Gasteiger partial charge in [-0.1, -0.05) is 43.2 Å². The standard InChI is InChI=1S/C32H40N2O4/c1-3-4-21-8-5-19(2)15-23(21)17-27(36)33-24-11-12-32(37)26-16-22-9-10-25(35)29-28(22)31(32,30(24)38-29)13-14-34(26)18-20-6-7-20/h5,8-10,15,20,24,26,30,35,37H,3-4,6-7,11-14,16-18H2,1-2H3,(H,33,36)/t24-,26?,30+,31+,32-/m1/s1. The fraction of sp³-hybridized carbons (Fsp3) is 0.594. The van der Waals surface area contributed by atoms with Crippen molar-refractivity contribution in [2.45, 2.75) is 101 Å². The molecule has 2 aromatic carbocycles. The molecule has 1 amide bonds. The molecule has 7 rings (SSSR count). The Balaban J connectivity index is 1.21. The Labute approximate surface area is 225 Å². The van der Waals surface area contributed by atoms with Gasteiger partial charge in [0.1, 0.15) is 6.10 Å². The van der Waals surface area contributed by atoms with E-state index in [1.54, 1.807) is 6.07 Å². The molecule has 2 saturated carbocycles. The number of amides is 1. The second kappa shape index (κ2) is 8.72. The van der Waals surface area contributed by atoms with Crippen LogP contribution in [0.15, 0.2) is 30.3 Å². The maximum absolute atomic E-state index is 13.5. The number of aromatic hydroxyl groups is 1. The Bertz CT molecular complexity index is 1290. The molecule has 38 heavy (non-hydrogen) atoms. The van der Waals surface area contributed by atoms with E-state index in [1.165, 1.54) is 24.0 Å². The highest BCUT2D eigenvalue weighted by molar-refractivity contribution is 5.79. The number of carbonyl (C=O) groups is 1. The number of phenolic OH excluding ortho intramolecular Hbond substituents is 1. The van der Waals surface area contributed by atoms with Crippen molar-refractivity contribution in [3.05, 3.63) is 58.1 Å². The van der Waals surface area contributed by atoms with Gasteiger partial charge in [0.05, 0.1) is 23.5 Å². The summed E-state index contributed by atoms with van der Waals surface area (Å²) in [5.41, 5.74) is 4.16. The van der Waals surface area contributed by atoms with E-state index < -0.39 is 11.0 Å². The van der Waals surface area contributed by atoms with Gasteiger partial charge in [-0.15, -0.1) is 0 Å². The van der Waals surface area contributed by atoms with Gasteiger partial charge in [0, 0.05) is 18.2 Å². The smallest absolute Gasteiger partial charge is 0.224 e. The molecule has 202 valence electrons. The summed E-state index contributed by atoms with van der Waals surface area (Å²) in [6.07, 6.45) is 7.42. The SMILES string of the molecule is CCCc1ccc(C)cc1CC(=O)N[C@@H]1CC[C@@]2(O)C3Cc4ccc(O)c5c4[C@@]2(CCN3CC2CC2)[C@H]1O5. The molecule has 2 aliphatic heterocycles. The molecule has 5 atom stereocenters. The van der Waals surface area contributed by atoms with Crippen molar-refractivity contribution in [1.29, 1.82) is 0 Å². The summed E-state index contributed by atoms with van der Waals surface area (Å²) in [6, 6.07) is 10.0. The predicted molar refractivity (Wildman–Crippen MR) is 146 cm³/mol. The third kappa shape index (κ3) is 3.49. The number of rotatable bonds is 7. The number of hydrogen-bond acceptors (Lipinski definition) is 5. The highest BCUT2D eigenvalue weighted by Gasteiger charge is 2.73. The fourth-order valence-corrected chi connectivity index (χ4v) is 8.49. The summed E-state index contributed by atoms with van der Waals surface area (Å²) in [4.78, 5) is 16.0. The van der Waals surface area contributed by atoms with Crippen LogP contribution in [-0.4, -0.2) is 57.9 Å². The first-order valence-electron chi connectivity index (χ1n) is 14.7. The van der Waals surface area contributed by atoms with Gasteiger partial charge >= 0.3 is 0 Å². The third-order valence-electron chi connectivity index (χ3n) is 10.3. The molecule has 3 N–H and O–H groups in total. The minimum Gasteiger partial charge on any atom is -0.504 e. The Morgan fingerprint density at radius 3 is 2.79 bits per heavy atom. The maximum atomic E-state index is 13.5. The quantitative estimate of drug-likeness (QED) is 0.519. The van der Waals surface area contributed by atoms with E-state index in [4.69, 9.17) is 4.74 Å². The Kier molecular flexibility index (Phi) is 5.61. The van der Waals surface area contributed by atoms with Crippen molar-refractivity contribution in [1.82, 2.24) is 10.2 Å². The molecule has 3 aliphatic carbocycles. The van der Waals surface area contributed by atoms with Crippen molar-refractivity contribution < 1.29 is 19.7 Å². The molecule has 3 fully saturated rings. The number of carbonyl (C=O) groups excluding carboxylic acids is 1. The van der Waals surface area contributed by atoms with Crippen LogP contribution in [0.2, 0.25) is 0 Å². The van der Waals surface area contributed by atoms with E-state index in [9.17, 15) is 15.0 Å². The number of benzene rings is 2. The number of nitrogens with one attached hydrogen (secondary N) is 1. The van der Waals surface area contributed by atoms with Crippen molar-refractivity contribution in [2.24, 2.45) is 5.92 Å². The average Bonchev–Trinajstić information content (AvgIpc) is 3.62. The zero-order valence-electron chi connectivity index (χ0n) is 22.6. The first-order valence-corrected chi connectivity index (χ1v) is 14.7. The van der Waals surface area contributed by atoms with Gasteiger partial charge in [0.2, 0.25) is 5.91 Å². The number of aryl methyl sites for hydroxylation is 2. The second-order valence-corrected chi connectivity index (χ2v) is 12.7. The molecule has 2 aromatic rings. The molecule has 1 unspecified atom stereocenters. The monoisotopic (exact) mass is 516 g/mol. The van der Waals surface area contributed by atoms with Gasteiger partial charge in [-0.05, 0) is 87.1 Å². The van der Waals surface area contributed by atoms with Gasteiger partial charge in [-0.2, -0.15) is 0 Å². The van der Waals surface area contributed by atoms with Crippen LogP contribution in [0.5, 0.6) is 11.5 Å². The van der Waals surface area contributed by atoms with Gasteiger partial charge in [0.25, 0.3) is 0 Å². The maximum Gasteiger partial charge on any atom is 0.224 e. The summed E-state index contributed by atoms with van der Waals surface area (Å²) in [6.45, 7) is 6.22. The van der Waals surface area contributed by atoms with Gasteiger partial charge in [0.15, 0.2) is 11.5 Å². The zero-order chi connectivity index (χ0) is 26.2. The number of piperidine rings is 1. The van der Waals surface area contributed by atoms with E-state index in [2.05, 4.69) is 42.3 Å². The molecule has 1 saturated heterocycles. The van der Waals surface area contributed by atoms with E-state index in [-0.39, 0.29) is 29.8 Å². The molecule has 1 spiro atoms. The van der Waals surface area contributed by atoms with E-state index in [0.717, 1.165) is 61.4 Å². The van der Waals surface area contributed by atoms with Crippen LogP contribution >= 0.6 is 0 Å². The molecule has 2 heterocycles. The topological polar surface area (TPSA) is 82.0 Å². The number of hydrogen-bond donors (Lipinski definition) is 3. The van der Waals surface area contributed by atoms with E-state index in [1.807, 2.05) is 6.07 Å². The predicted octanol–water partition coefficient (Wildman–Crippen LogP) is 3.94. The van der Waals surface area contributed by atoms with Crippen LogP contribution in [0.4, 0.5) is 0 Å². The molecular formula is C32H40N2O4. The Morgan fingerprint density at radius 2 is 2.00 bits per heavy atom. The highest BCUT2D eigenvalue weighted by Crippen LogP contribution is 2.65. The van der Waals surface area contributed by atoms with Crippen LogP contribution < -0.4 is 10.1 Å². The Morgan fingerprint density at radius 1 is 1.16 bits per heavy atom. The van der Waals surface area contributed by atoms with Gasteiger partial charge in [-0.25, -0.2) is 0 Å². The summed E-state index contributed by atoms with van der Waals surface area (Å²) < 4.78 is 6.61. The molecule has 5 aliphatic rings. The Hall–Kier alpha value is -2.57. The number of ether oxygens (including phenoxy) is 1. The van der Waals surface area contributed by atoms with Crippen LogP contribution in [0.1, 0.15) is 73.3 Å². The molecule has 0 aromatic heterocycles. The lowest BCUT2D eigenvalue weighted by molar-refractivity contribution is -0.192. The number of aliphatic hydroxyl groups is 1. The lowest BCUT2D eigenvalue weighted by Crippen LogP contribution is -2.78. The van der Waals surface area contributed by atoms with Crippen molar-refractivity contribution in [2.75, 3.05) is 13.1 Å². The normalized spacial score (nSPS) is 33.0. The lowest BCUT2D eigenvalue weighted by Gasteiger charge is -2.64. The summed E-state index contributed by atoms with van der Waals surface area (Å²) in [5, 5.41) is 26.8. The van der Waals surface area contributed by atoms with Crippen LogP contribution in [0, 0.1) is 12.8 Å². The van der Waals surface area contributed by atoms with Crippen LogP contribution in [0.25, 0.3) is 0 Å². The minimum absolute atomic E-state index is 0.00215. The molecule has 0 radical (unpaired) electrons. The molecular weight excluding hydrogens is 476 g/mol. The lowest BCUT2D eigenvalue weighted by atomic mass is 9.48. The summed E-state index contributed by atoms with van der Waals surface area (Å²) in [7, 11) is 0. The third-order valence-corrected chi connectivity index (χ3v) is 10.3. The summed E-state index contributed by atoms with van der Waals surface area (Å²) in [5.74, 6) is 1.44. The van der Waals surface area contributed by atoms with Crippen molar-refractivity contribution in [3.8, 4) is 11.5 Å². The first-order chi connectivity index (χ1) is 18.3. The molecule has 6 nitrogen and oxygen atoms in total. The number of likely N-dealkylation sites (tertiary alicyclic amines) is 1. The molecule has 6 heteroatoms. The van der Waals surface area contributed by atoms with Crippen molar-refractivity contribution >= 4 is 5.91 Å². The average molecular weight is 517 g/mol. The van der Waals surface area contributed by atoms with E-state index in [0.29, 0.717) is 25.0 Å². The fourth-order valence-electron chi connectivity index (χ4n) is 8.49. The zero-order valence-corrected chi connectivity index (χ0v) is 22.6. The minimum atomic E-state index is -0.928.